The van der Waals surface area contributed by atoms with E-state index in [0.29, 0.717) is 17.4 Å². The van der Waals surface area contributed by atoms with E-state index >= 15 is 0 Å². The van der Waals surface area contributed by atoms with Gasteiger partial charge in [0, 0.05) is 18.6 Å². The Kier molecular flexibility index (Phi) is 3.59. The third-order valence-electron chi connectivity index (χ3n) is 2.40. The molecule has 0 radical (unpaired) electrons. The van der Waals surface area contributed by atoms with Crippen LogP contribution in [0.25, 0.3) is 0 Å². The minimum atomic E-state index is -0.472. The fourth-order valence-corrected chi connectivity index (χ4v) is 1.81. The minimum Gasteiger partial charge on any atom is -0.355 e. The Labute approximate surface area is 105 Å². The van der Waals surface area contributed by atoms with Gasteiger partial charge in [-0.25, -0.2) is 4.98 Å². The quantitative estimate of drug-likeness (QED) is 0.775. The summed E-state index contributed by atoms with van der Waals surface area (Å²) in [4.78, 5) is 5.69. The molecule has 2 nitrogen and oxygen atoms in total. The summed E-state index contributed by atoms with van der Waals surface area (Å²) in [7, 11) is 1.86. The van der Waals surface area contributed by atoms with Gasteiger partial charge in [0.2, 0.25) is 5.95 Å². The predicted octanol–water partition coefficient (Wildman–Crippen LogP) is 3.51. The molecule has 0 N–H and O–H groups in total. The number of nitrogens with zero attached hydrogens (tertiary/aromatic N) is 2. The van der Waals surface area contributed by atoms with Crippen molar-refractivity contribution in [3.8, 4) is 0 Å². The van der Waals surface area contributed by atoms with E-state index in [9.17, 15) is 4.39 Å². The first-order valence-corrected chi connectivity index (χ1v) is 5.61. The van der Waals surface area contributed by atoms with Gasteiger partial charge >= 0.3 is 0 Å². The van der Waals surface area contributed by atoms with E-state index in [1.165, 1.54) is 6.07 Å². The molecule has 0 amide bonds. The fraction of sp³-hybridized carbons (Fsp3) is 0.154. The lowest BCUT2D eigenvalue weighted by atomic mass is 10.2. The number of benzene rings is 1. The summed E-state index contributed by atoms with van der Waals surface area (Å²) in [5.41, 5.74) is 1.06. The molecule has 0 atom stereocenters. The normalized spacial score (nSPS) is 10.3. The summed E-state index contributed by atoms with van der Waals surface area (Å²) in [5, 5.41) is 0.697. The lowest BCUT2D eigenvalue weighted by molar-refractivity contribution is 0.582. The predicted molar refractivity (Wildman–Crippen MR) is 67.8 cm³/mol. The number of pyridine rings is 1. The van der Waals surface area contributed by atoms with Gasteiger partial charge in [-0.15, -0.1) is 0 Å². The molecule has 17 heavy (non-hydrogen) atoms. The molecule has 0 aliphatic rings. The highest BCUT2D eigenvalue weighted by molar-refractivity contribution is 6.30. The Morgan fingerprint density at radius 3 is 2.71 bits per heavy atom. The Balaban J connectivity index is 2.14. The van der Waals surface area contributed by atoms with E-state index in [1.807, 2.05) is 36.2 Å². The van der Waals surface area contributed by atoms with E-state index in [4.69, 9.17) is 11.6 Å². The van der Waals surface area contributed by atoms with Gasteiger partial charge in [-0.3, -0.25) is 0 Å². The lowest BCUT2D eigenvalue weighted by Gasteiger charge is -2.18. The number of anilines is 1. The van der Waals surface area contributed by atoms with Crippen LogP contribution in [0, 0.1) is 5.95 Å². The maximum Gasteiger partial charge on any atom is 0.214 e. The van der Waals surface area contributed by atoms with Crippen molar-refractivity contribution in [2.75, 3.05) is 11.9 Å². The molecule has 0 unspecified atom stereocenters. The second kappa shape index (κ2) is 5.15. The van der Waals surface area contributed by atoms with Crippen molar-refractivity contribution in [2.24, 2.45) is 0 Å². The zero-order valence-corrected chi connectivity index (χ0v) is 10.2. The molecule has 0 spiro atoms. The van der Waals surface area contributed by atoms with Gasteiger partial charge < -0.3 is 4.90 Å². The SMILES string of the molecule is CN(Cc1cccc(Cl)c1)c1cccc(F)n1. The average Bonchev–Trinajstić information content (AvgIpc) is 2.29. The zero-order chi connectivity index (χ0) is 12.3. The number of halogens is 2. The Hall–Kier alpha value is -1.61. The summed E-state index contributed by atoms with van der Waals surface area (Å²) >= 11 is 5.91. The summed E-state index contributed by atoms with van der Waals surface area (Å²) in [6, 6.07) is 12.3. The van der Waals surface area contributed by atoms with Crippen molar-refractivity contribution in [2.45, 2.75) is 6.54 Å². The van der Waals surface area contributed by atoms with Gasteiger partial charge in [0.1, 0.15) is 5.82 Å². The van der Waals surface area contributed by atoms with E-state index in [2.05, 4.69) is 4.98 Å². The monoisotopic (exact) mass is 250 g/mol. The van der Waals surface area contributed by atoms with Crippen molar-refractivity contribution in [1.82, 2.24) is 4.98 Å². The van der Waals surface area contributed by atoms with Crippen LogP contribution in [0.5, 0.6) is 0 Å². The van der Waals surface area contributed by atoms with Crippen molar-refractivity contribution in [1.29, 1.82) is 0 Å². The van der Waals surface area contributed by atoms with Gasteiger partial charge in [0.15, 0.2) is 0 Å². The van der Waals surface area contributed by atoms with E-state index < -0.39 is 5.95 Å². The zero-order valence-electron chi connectivity index (χ0n) is 9.40. The number of aromatic nitrogens is 1. The van der Waals surface area contributed by atoms with E-state index in [1.54, 1.807) is 12.1 Å². The van der Waals surface area contributed by atoms with Crippen LogP contribution in [0.15, 0.2) is 42.5 Å². The molecule has 0 fully saturated rings. The van der Waals surface area contributed by atoms with Crippen molar-refractivity contribution in [3.05, 3.63) is 59.0 Å². The summed E-state index contributed by atoms with van der Waals surface area (Å²) in [5.74, 6) is 0.130. The topological polar surface area (TPSA) is 16.1 Å². The molecule has 0 aliphatic heterocycles. The molecule has 1 aromatic heterocycles. The highest BCUT2D eigenvalue weighted by atomic mass is 35.5. The maximum atomic E-state index is 13.0. The molecule has 4 heteroatoms. The van der Waals surface area contributed by atoms with Gasteiger partial charge in [0.05, 0.1) is 0 Å². The number of rotatable bonds is 3. The smallest absolute Gasteiger partial charge is 0.214 e. The Bertz CT molecular complexity index is 516. The molecule has 1 aromatic carbocycles. The Morgan fingerprint density at radius 2 is 2.00 bits per heavy atom. The van der Waals surface area contributed by atoms with Gasteiger partial charge in [-0.05, 0) is 29.8 Å². The summed E-state index contributed by atoms with van der Waals surface area (Å²) < 4.78 is 13.0. The third-order valence-corrected chi connectivity index (χ3v) is 2.64. The third kappa shape index (κ3) is 3.17. The molecule has 0 saturated heterocycles. The molecule has 2 aromatic rings. The van der Waals surface area contributed by atoms with Crippen LogP contribution in [0.4, 0.5) is 10.2 Å². The molecule has 2 rings (SSSR count). The van der Waals surface area contributed by atoms with Crippen LogP contribution < -0.4 is 4.90 Å². The second-order valence-corrected chi connectivity index (χ2v) is 4.24. The summed E-state index contributed by atoms with van der Waals surface area (Å²) in [6.45, 7) is 0.636. The van der Waals surface area contributed by atoms with E-state index in [0.717, 1.165) is 5.56 Å². The highest BCUT2D eigenvalue weighted by Crippen LogP contribution is 2.15. The van der Waals surface area contributed by atoms with Gasteiger partial charge in [-0.1, -0.05) is 29.8 Å². The molecule has 1 heterocycles. The first kappa shape index (κ1) is 11.9. The Morgan fingerprint density at radius 1 is 1.24 bits per heavy atom. The van der Waals surface area contributed by atoms with Crippen LogP contribution in [0.2, 0.25) is 5.02 Å². The number of hydrogen-bond acceptors (Lipinski definition) is 2. The van der Waals surface area contributed by atoms with Gasteiger partial charge in [-0.2, -0.15) is 4.39 Å². The highest BCUT2D eigenvalue weighted by Gasteiger charge is 2.04. The van der Waals surface area contributed by atoms with Crippen LogP contribution in [0.3, 0.4) is 0 Å². The lowest BCUT2D eigenvalue weighted by Crippen LogP contribution is -2.17. The number of hydrogen-bond donors (Lipinski definition) is 0. The first-order valence-electron chi connectivity index (χ1n) is 5.23. The molecular weight excluding hydrogens is 239 g/mol. The van der Waals surface area contributed by atoms with E-state index in [-0.39, 0.29) is 0 Å². The molecule has 0 aliphatic carbocycles. The van der Waals surface area contributed by atoms with Crippen LogP contribution in [0.1, 0.15) is 5.56 Å². The second-order valence-electron chi connectivity index (χ2n) is 3.80. The largest absolute Gasteiger partial charge is 0.355 e. The standard InChI is InChI=1S/C13H12ClFN2/c1-17(13-7-3-6-12(15)16-13)9-10-4-2-5-11(14)8-10/h2-8H,9H2,1H3. The van der Waals surface area contributed by atoms with Crippen molar-refractivity contribution < 1.29 is 4.39 Å². The maximum absolute atomic E-state index is 13.0. The molecular formula is C13H12ClFN2. The van der Waals surface area contributed by atoms with Crippen molar-refractivity contribution in [3.63, 3.8) is 0 Å². The first-order chi connectivity index (χ1) is 8.15. The van der Waals surface area contributed by atoms with Crippen LogP contribution >= 0.6 is 11.6 Å². The minimum absolute atomic E-state index is 0.472. The van der Waals surface area contributed by atoms with Crippen LogP contribution in [-0.2, 0) is 6.54 Å². The summed E-state index contributed by atoms with van der Waals surface area (Å²) in [6.07, 6.45) is 0. The molecule has 0 saturated carbocycles. The van der Waals surface area contributed by atoms with Gasteiger partial charge in [0.25, 0.3) is 0 Å². The molecule has 0 bridgehead atoms. The fourth-order valence-electron chi connectivity index (χ4n) is 1.60. The van der Waals surface area contributed by atoms with Crippen LogP contribution in [-0.4, -0.2) is 12.0 Å². The molecule has 88 valence electrons. The average molecular weight is 251 g/mol. The van der Waals surface area contributed by atoms with Crippen molar-refractivity contribution >= 4 is 17.4 Å².